The Morgan fingerprint density at radius 1 is 0.786 bits per heavy atom. The second-order valence-electron chi connectivity index (χ2n) is 9.05. The summed E-state index contributed by atoms with van der Waals surface area (Å²) in [7, 11) is 4.26. The van der Waals surface area contributed by atoms with Crippen LogP contribution in [0.2, 0.25) is 0 Å². The quantitative estimate of drug-likeness (QED) is 0.0898. The number of esters is 1. The number of hydrogen-bond acceptors (Lipinski definition) is 2. The molecule has 28 heavy (non-hydrogen) atoms. The van der Waals surface area contributed by atoms with Gasteiger partial charge in [0, 0.05) is 6.42 Å². The summed E-state index contributed by atoms with van der Waals surface area (Å²) in [6.07, 6.45) is 22.7. The molecule has 0 atom stereocenters. The maximum absolute atomic E-state index is 11.8. The highest BCUT2D eigenvalue weighted by molar-refractivity contribution is 5.69. The Bertz CT molecular complexity index is 366. The summed E-state index contributed by atoms with van der Waals surface area (Å²) in [6, 6.07) is 0. The molecular weight excluding hydrogens is 346 g/mol. The molecule has 0 unspecified atom stereocenters. The predicted octanol–water partition coefficient (Wildman–Crippen LogP) is 7.05. The molecular formula is C25H50NO2+. The van der Waals surface area contributed by atoms with Gasteiger partial charge in [-0.15, -0.1) is 0 Å². The van der Waals surface area contributed by atoms with Crippen molar-refractivity contribution in [3.63, 3.8) is 0 Å². The van der Waals surface area contributed by atoms with Crippen LogP contribution in [0.25, 0.3) is 0 Å². The molecule has 0 bridgehead atoms. The van der Waals surface area contributed by atoms with Crippen LogP contribution in [-0.4, -0.2) is 44.2 Å². The van der Waals surface area contributed by atoms with Crippen molar-refractivity contribution < 1.29 is 14.0 Å². The Morgan fingerprint density at radius 2 is 1.21 bits per heavy atom. The monoisotopic (exact) mass is 396 g/mol. The van der Waals surface area contributed by atoms with Crippen LogP contribution in [0.5, 0.6) is 0 Å². The fourth-order valence-corrected chi connectivity index (χ4v) is 3.56. The summed E-state index contributed by atoms with van der Waals surface area (Å²) < 4.78 is 6.17. The van der Waals surface area contributed by atoms with Crippen molar-refractivity contribution in [1.82, 2.24) is 0 Å². The maximum atomic E-state index is 11.8. The Morgan fingerprint density at radius 3 is 1.64 bits per heavy atom. The van der Waals surface area contributed by atoms with Crippen molar-refractivity contribution in [2.75, 3.05) is 33.8 Å². The summed E-state index contributed by atoms with van der Waals surface area (Å²) in [6.45, 7) is 8.31. The molecule has 3 nitrogen and oxygen atoms in total. The number of unbranched alkanes of at least 4 members (excludes halogenated alkanes) is 14. The highest BCUT2D eigenvalue weighted by atomic mass is 16.5. The average molecular weight is 397 g/mol. The Kier molecular flexibility index (Phi) is 18.9. The summed E-state index contributed by atoms with van der Waals surface area (Å²) >= 11 is 0. The highest BCUT2D eigenvalue weighted by Crippen LogP contribution is 2.13. The molecule has 166 valence electrons. The van der Waals surface area contributed by atoms with E-state index in [4.69, 9.17) is 4.74 Å². The molecule has 0 aliphatic carbocycles. The van der Waals surface area contributed by atoms with Crippen LogP contribution in [0, 0.1) is 0 Å². The molecule has 0 aliphatic heterocycles. The van der Waals surface area contributed by atoms with E-state index >= 15 is 0 Å². The second kappa shape index (κ2) is 19.5. The third-order valence-corrected chi connectivity index (χ3v) is 5.57. The summed E-state index contributed by atoms with van der Waals surface area (Å²) in [5.74, 6) is -0.0340. The first-order valence-corrected chi connectivity index (χ1v) is 12.1. The molecule has 0 aromatic rings. The van der Waals surface area contributed by atoms with E-state index in [-0.39, 0.29) is 5.97 Å². The zero-order valence-corrected chi connectivity index (χ0v) is 19.5. The maximum Gasteiger partial charge on any atom is 0.305 e. The number of nitrogens with zero attached hydrogens (tertiary/aromatic N) is 1. The van der Waals surface area contributed by atoms with E-state index < -0.39 is 0 Å². The number of carbonyl (C=O) groups excluding carboxylic acids is 1. The van der Waals surface area contributed by atoms with Crippen LogP contribution < -0.4 is 0 Å². The second-order valence-corrected chi connectivity index (χ2v) is 9.05. The number of quaternary nitrogens is 1. The van der Waals surface area contributed by atoms with Gasteiger partial charge in [-0.1, -0.05) is 103 Å². The lowest BCUT2D eigenvalue weighted by atomic mass is 10.0. The molecule has 0 spiro atoms. The summed E-state index contributed by atoms with van der Waals surface area (Å²) in [4.78, 5) is 11.8. The first-order chi connectivity index (χ1) is 13.5. The lowest BCUT2D eigenvalue weighted by Crippen LogP contribution is -2.42. The molecule has 3 heteroatoms. The van der Waals surface area contributed by atoms with Gasteiger partial charge >= 0.3 is 5.97 Å². The van der Waals surface area contributed by atoms with Crippen LogP contribution >= 0.6 is 0 Å². The molecule has 0 aromatic carbocycles. The third kappa shape index (κ3) is 19.9. The third-order valence-electron chi connectivity index (χ3n) is 5.57. The molecule has 0 heterocycles. The van der Waals surface area contributed by atoms with E-state index in [0.717, 1.165) is 30.4 Å². The van der Waals surface area contributed by atoms with Crippen molar-refractivity contribution in [3.05, 3.63) is 12.7 Å². The summed E-state index contributed by atoms with van der Waals surface area (Å²) in [5.41, 5.74) is 0. The number of ether oxygens (including phenoxy) is 1. The van der Waals surface area contributed by atoms with Gasteiger partial charge in [0.15, 0.2) is 0 Å². The van der Waals surface area contributed by atoms with Crippen LogP contribution in [0.1, 0.15) is 110 Å². The van der Waals surface area contributed by atoms with Crippen LogP contribution in [-0.2, 0) is 9.53 Å². The number of carbonyl (C=O) groups is 1. The first kappa shape index (κ1) is 27.2. The highest BCUT2D eigenvalue weighted by Gasteiger charge is 2.13. The Hall–Kier alpha value is -0.830. The fraction of sp³-hybridized carbons (Fsp3) is 0.880. The molecule has 0 aromatic heterocycles. The number of likely N-dealkylation sites (N-methyl/N-ethyl adjacent to an activating group) is 1. The molecule has 0 aliphatic rings. The lowest BCUT2D eigenvalue weighted by Gasteiger charge is -2.27. The minimum atomic E-state index is -0.0340. The van der Waals surface area contributed by atoms with Gasteiger partial charge in [-0.3, -0.25) is 4.79 Å². The first-order valence-electron chi connectivity index (χ1n) is 12.1. The fourth-order valence-electron chi connectivity index (χ4n) is 3.56. The van der Waals surface area contributed by atoms with Gasteiger partial charge in [-0.25, -0.2) is 0 Å². The molecule has 0 fully saturated rings. The van der Waals surface area contributed by atoms with Gasteiger partial charge in [0.1, 0.15) is 13.2 Å². The van der Waals surface area contributed by atoms with Crippen molar-refractivity contribution in [2.24, 2.45) is 0 Å². The minimum Gasteiger partial charge on any atom is -0.460 e. The van der Waals surface area contributed by atoms with Crippen molar-refractivity contribution in [1.29, 1.82) is 0 Å². The lowest BCUT2D eigenvalue weighted by molar-refractivity contribution is -0.884. The van der Waals surface area contributed by atoms with Gasteiger partial charge in [0.2, 0.25) is 0 Å². The molecule has 0 saturated heterocycles. The summed E-state index contributed by atoms with van der Waals surface area (Å²) in [5, 5.41) is 0. The van der Waals surface area contributed by atoms with Gasteiger partial charge in [0.05, 0.1) is 20.6 Å². The van der Waals surface area contributed by atoms with E-state index in [1.54, 1.807) is 0 Å². The van der Waals surface area contributed by atoms with Gasteiger partial charge in [-0.2, -0.15) is 0 Å². The Balaban J connectivity index is 3.26. The molecule has 0 saturated carbocycles. The normalized spacial score (nSPS) is 11.5. The molecule has 0 N–H and O–H groups in total. The van der Waals surface area contributed by atoms with Crippen molar-refractivity contribution in [3.8, 4) is 0 Å². The van der Waals surface area contributed by atoms with Crippen molar-refractivity contribution in [2.45, 2.75) is 110 Å². The van der Waals surface area contributed by atoms with Crippen LogP contribution in [0.3, 0.4) is 0 Å². The zero-order chi connectivity index (χ0) is 20.9. The topological polar surface area (TPSA) is 26.3 Å². The van der Waals surface area contributed by atoms with E-state index in [9.17, 15) is 4.79 Å². The van der Waals surface area contributed by atoms with Gasteiger partial charge < -0.3 is 9.22 Å². The Labute approximate surface area is 176 Å². The minimum absolute atomic E-state index is 0.0340. The standard InChI is InChI=1S/C25H50NO2/c1-5-7-8-9-10-11-12-13-14-15-16-17-18-19-20-21-25(27)28-24-23-26(3,4)22-6-2/h6H,2,5,7-24H2,1,3-4H3/q+1. The SMILES string of the molecule is C=CC[N+](C)(C)CCOC(=O)CCCCCCCCCCCCCCCCC. The zero-order valence-electron chi connectivity index (χ0n) is 19.5. The van der Waals surface area contributed by atoms with Crippen LogP contribution in [0.15, 0.2) is 12.7 Å². The van der Waals surface area contributed by atoms with Crippen molar-refractivity contribution >= 4 is 5.97 Å². The van der Waals surface area contributed by atoms with E-state index in [2.05, 4.69) is 27.6 Å². The van der Waals surface area contributed by atoms with Gasteiger partial charge in [0.25, 0.3) is 0 Å². The van der Waals surface area contributed by atoms with Gasteiger partial charge in [-0.05, 0) is 12.5 Å². The smallest absolute Gasteiger partial charge is 0.305 e. The molecule has 0 amide bonds. The average Bonchev–Trinajstić information content (AvgIpc) is 2.64. The van der Waals surface area contributed by atoms with E-state index in [1.165, 1.54) is 83.5 Å². The van der Waals surface area contributed by atoms with Crippen LogP contribution in [0.4, 0.5) is 0 Å². The van der Waals surface area contributed by atoms with E-state index in [0.29, 0.717) is 13.0 Å². The molecule has 0 radical (unpaired) electrons. The number of hydrogen-bond donors (Lipinski definition) is 0. The molecule has 0 rings (SSSR count). The predicted molar refractivity (Wildman–Crippen MR) is 123 cm³/mol. The van der Waals surface area contributed by atoms with E-state index in [1.807, 2.05) is 6.08 Å². The largest absolute Gasteiger partial charge is 0.460 e. The number of rotatable bonds is 21.